The zero-order valence-corrected chi connectivity index (χ0v) is 12.4. The highest BCUT2D eigenvalue weighted by Crippen LogP contribution is 2.32. The van der Waals surface area contributed by atoms with E-state index in [1.807, 2.05) is 0 Å². The molecule has 0 fully saturated rings. The van der Waals surface area contributed by atoms with E-state index in [2.05, 4.69) is 14.7 Å². The van der Waals surface area contributed by atoms with E-state index in [1.54, 1.807) is 0 Å². The van der Waals surface area contributed by atoms with Gasteiger partial charge >= 0.3 is 5.97 Å². The third-order valence-corrected chi connectivity index (χ3v) is 3.24. The maximum atomic E-state index is 11.1. The molecule has 22 heavy (non-hydrogen) atoms. The number of nitro benzene ring substituents is 1. The topological polar surface area (TPSA) is 172 Å². The maximum Gasteiger partial charge on any atom is 0.315 e. The Bertz CT molecular complexity index is 641. The van der Waals surface area contributed by atoms with Gasteiger partial charge in [-0.1, -0.05) is 0 Å². The van der Waals surface area contributed by atoms with E-state index in [1.165, 1.54) is 25.3 Å². The number of thioether (sulfide) groups is 1. The Labute approximate surface area is 129 Å². The largest absolute Gasteiger partial charge is 0.468 e. The van der Waals surface area contributed by atoms with Crippen molar-refractivity contribution in [1.29, 1.82) is 0 Å². The van der Waals surface area contributed by atoms with Crippen LogP contribution in [-0.2, 0) is 9.53 Å². The number of ether oxygens (including phenoxy) is 1. The summed E-state index contributed by atoms with van der Waals surface area (Å²) < 4.78 is 4.48. The minimum atomic E-state index is -0.588. The third-order valence-electron chi connectivity index (χ3n) is 2.20. The highest BCUT2D eigenvalue weighted by atomic mass is 32.2. The fourth-order valence-corrected chi connectivity index (χ4v) is 2.16. The van der Waals surface area contributed by atoms with Crippen LogP contribution in [0, 0.1) is 10.1 Å². The van der Waals surface area contributed by atoms with Crippen molar-refractivity contribution in [1.82, 2.24) is 0 Å². The number of nitro groups is 1. The molecule has 0 aliphatic rings. The van der Waals surface area contributed by atoms with Crippen molar-refractivity contribution in [3.63, 3.8) is 0 Å². The summed E-state index contributed by atoms with van der Waals surface area (Å²) in [5, 5.41) is 11.1. The fraction of sp³-hybridized carbons (Fsp3) is 0.182. The number of carbonyl (C=O) groups is 1. The molecule has 0 radical (unpaired) electrons. The molecule has 10 nitrogen and oxygen atoms in total. The first-order valence-electron chi connectivity index (χ1n) is 5.75. The van der Waals surface area contributed by atoms with Gasteiger partial charge in [-0.25, -0.2) is 4.99 Å². The van der Waals surface area contributed by atoms with E-state index in [-0.39, 0.29) is 29.0 Å². The van der Waals surface area contributed by atoms with Crippen LogP contribution in [0.4, 0.5) is 11.4 Å². The van der Waals surface area contributed by atoms with Gasteiger partial charge in [0.15, 0.2) is 5.96 Å². The smallest absolute Gasteiger partial charge is 0.315 e. The summed E-state index contributed by atoms with van der Waals surface area (Å²) >= 11 is 0.983. The van der Waals surface area contributed by atoms with Gasteiger partial charge in [0.2, 0.25) is 5.96 Å². The molecule has 0 aliphatic heterocycles. The third kappa shape index (κ3) is 5.28. The number of methoxy groups -OCH3 is 1. The lowest BCUT2D eigenvalue weighted by Crippen LogP contribution is -2.26. The first kappa shape index (κ1) is 17.2. The van der Waals surface area contributed by atoms with Crippen LogP contribution in [0.25, 0.3) is 0 Å². The van der Waals surface area contributed by atoms with Crippen LogP contribution >= 0.6 is 11.8 Å². The average Bonchev–Trinajstić information content (AvgIpc) is 2.44. The number of aliphatic imine (C=N–C) groups is 2. The lowest BCUT2D eigenvalue weighted by Gasteiger charge is -2.03. The molecule has 1 aromatic rings. The van der Waals surface area contributed by atoms with E-state index in [4.69, 9.17) is 17.2 Å². The van der Waals surface area contributed by atoms with Crippen LogP contribution < -0.4 is 17.2 Å². The molecule has 1 aromatic carbocycles. The number of benzene rings is 1. The molecule has 0 saturated heterocycles. The van der Waals surface area contributed by atoms with Crippen LogP contribution in [-0.4, -0.2) is 35.7 Å². The van der Waals surface area contributed by atoms with Gasteiger partial charge in [-0.15, -0.1) is 11.8 Å². The van der Waals surface area contributed by atoms with Crippen LogP contribution in [0.15, 0.2) is 33.1 Å². The predicted octanol–water partition coefficient (Wildman–Crippen LogP) is 0.0795. The molecule has 11 heteroatoms. The second-order valence-corrected chi connectivity index (χ2v) is 4.80. The molecule has 6 N–H and O–H groups in total. The van der Waals surface area contributed by atoms with Crippen molar-refractivity contribution in [3.05, 3.63) is 28.3 Å². The van der Waals surface area contributed by atoms with Crippen LogP contribution in [0.2, 0.25) is 0 Å². The zero-order valence-electron chi connectivity index (χ0n) is 11.6. The molecule has 0 aliphatic carbocycles. The Kier molecular flexibility index (Phi) is 6.13. The van der Waals surface area contributed by atoms with E-state index in [0.717, 1.165) is 11.8 Å². The number of nitrogens with zero attached hydrogens (tertiary/aromatic N) is 3. The molecule has 0 saturated carbocycles. The summed E-state index contributed by atoms with van der Waals surface area (Å²) in [5.74, 6) is -1.04. The molecule has 0 bridgehead atoms. The average molecular weight is 326 g/mol. The number of hydrogen-bond acceptors (Lipinski definition) is 6. The normalized spacial score (nSPS) is 10.9. The molecular formula is C11H14N6O4S. The summed E-state index contributed by atoms with van der Waals surface area (Å²) in [7, 11) is 1.24. The Hall–Kier alpha value is -2.82. The van der Waals surface area contributed by atoms with Crippen LogP contribution in [0.1, 0.15) is 0 Å². The molecule has 0 spiro atoms. The van der Waals surface area contributed by atoms with Crippen LogP contribution in [0.3, 0.4) is 0 Å². The van der Waals surface area contributed by atoms with Crippen molar-refractivity contribution >= 4 is 41.0 Å². The van der Waals surface area contributed by atoms with E-state index in [9.17, 15) is 14.9 Å². The number of hydrogen-bond donors (Lipinski definition) is 3. The number of carbonyl (C=O) groups excluding carboxylic acids is 1. The standard InChI is InChI=1S/C11H14N6O4S/c1-21-9(18)5-22-8-3-2-6(4-7(8)17(19)20)15-11(14)16-10(12)13/h2-4H,5H2,1H3,(H6,12,13,14,15,16). The van der Waals surface area contributed by atoms with Gasteiger partial charge in [0.25, 0.3) is 5.69 Å². The Morgan fingerprint density at radius 1 is 1.41 bits per heavy atom. The molecule has 0 amide bonds. The van der Waals surface area contributed by atoms with Crippen LogP contribution in [0.5, 0.6) is 0 Å². The SMILES string of the molecule is COC(=O)CSc1ccc(N=C(N)N=C(N)N)cc1[N+](=O)[O-]. The van der Waals surface area contributed by atoms with Gasteiger partial charge in [-0.05, 0) is 12.1 Å². The Morgan fingerprint density at radius 2 is 2.09 bits per heavy atom. The summed E-state index contributed by atoms with van der Waals surface area (Å²) in [6.45, 7) is 0. The van der Waals surface area contributed by atoms with Crippen molar-refractivity contribution in [2.24, 2.45) is 27.2 Å². The molecule has 0 heterocycles. The first-order valence-corrected chi connectivity index (χ1v) is 6.74. The van der Waals surface area contributed by atoms with Gasteiger partial charge in [-0.2, -0.15) is 4.99 Å². The molecule has 0 aromatic heterocycles. The zero-order chi connectivity index (χ0) is 16.7. The number of esters is 1. The lowest BCUT2D eigenvalue weighted by atomic mass is 10.3. The highest BCUT2D eigenvalue weighted by molar-refractivity contribution is 8.00. The minimum Gasteiger partial charge on any atom is -0.468 e. The molecule has 118 valence electrons. The second-order valence-electron chi connectivity index (χ2n) is 3.78. The number of rotatable bonds is 5. The summed E-state index contributed by atoms with van der Waals surface area (Å²) in [5.41, 5.74) is 15.7. The molecule has 0 atom stereocenters. The van der Waals surface area contributed by atoms with Crippen molar-refractivity contribution in [2.45, 2.75) is 4.90 Å². The maximum absolute atomic E-state index is 11.1. The summed E-state index contributed by atoms with van der Waals surface area (Å²) in [6.07, 6.45) is 0. The van der Waals surface area contributed by atoms with Gasteiger partial charge in [0, 0.05) is 6.07 Å². The first-order chi connectivity index (χ1) is 10.3. The Morgan fingerprint density at radius 3 is 2.64 bits per heavy atom. The molecular weight excluding hydrogens is 312 g/mol. The van der Waals surface area contributed by atoms with Gasteiger partial charge < -0.3 is 21.9 Å². The van der Waals surface area contributed by atoms with Gasteiger partial charge in [0.1, 0.15) is 0 Å². The fourth-order valence-electron chi connectivity index (χ4n) is 1.33. The number of nitrogens with two attached hydrogens (primary N) is 3. The minimum absolute atomic E-state index is 0.0455. The predicted molar refractivity (Wildman–Crippen MR) is 82.9 cm³/mol. The van der Waals surface area contributed by atoms with E-state index in [0.29, 0.717) is 4.90 Å². The van der Waals surface area contributed by atoms with E-state index >= 15 is 0 Å². The van der Waals surface area contributed by atoms with Gasteiger partial charge in [0.05, 0.1) is 28.4 Å². The molecule has 0 unspecified atom stereocenters. The van der Waals surface area contributed by atoms with E-state index < -0.39 is 10.9 Å². The summed E-state index contributed by atoms with van der Waals surface area (Å²) in [4.78, 5) is 29.2. The molecule has 1 rings (SSSR count). The van der Waals surface area contributed by atoms with Crippen molar-refractivity contribution < 1.29 is 14.5 Å². The highest BCUT2D eigenvalue weighted by Gasteiger charge is 2.16. The quantitative estimate of drug-likeness (QED) is 0.170. The lowest BCUT2D eigenvalue weighted by molar-refractivity contribution is -0.387. The number of guanidine groups is 2. The van der Waals surface area contributed by atoms with Gasteiger partial charge in [-0.3, -0.25) is 14.9 Å². The Balaban J connectivity index is 3.07. The second kappa shape index (κ2) is 7.83. The monoisotopic (exact) mass is 326 g/mol. The van der Waals surface area contributed by atoms with Crippen molar-refractivity contribution in [2.75, 3.05) is 12.9 Å². The summed E-state index contributed by atoms with van der Waals surface area (Å²) in [6, 6.07) is 4.14. The van der Waals surface area contributed by atoms with Crippen molar-refractivity contribution in [3.8, 4) is 0 Å².